The van der Waals surface area contributed by atoms with E-state index in [1.165, 1.54) is 25.4 Å². The molecule has 0 atom stereocenters. The van der Waals surface area contributed by atoms with Crippen LogP contribution in [0.3, 0.4) is 0 Å². The smallest absolute Gasteiger partial charge is 0.266 e. The molecule has 0 aliphatic heterocycles. The standard InChI is InChI=1S/C12H11ClN2O3S/c1-18-10-6-5-9(13)8-11(10)19(16,17)15-12-4-2-3-7-14-12/h2-8H,1H3,(H,14,15). The molecule has 19 heavy (non-hydrogen) atoms. The molecule has 0 aliphatic rings. The highest BCUT2D eigenvalue weighted by molar-refractivity contribution is 7.92. The van der Waals surface area contributed by atoms with E-state index in [0.29, 0.717) is 5.02 Å². The predicted octanol–water partition coefficient (Wildman–Crippen LogP) is 2.54. The quantitative estimate of drug-likeness (QED) is 0.942. The third-order valence-corrected chi connectivity index (χ3v) is 3.93. The van der Waals surface area contributed by atoms with E-state index >= 15 is 0 Å². The van der Waals surface area contributed by atoms with E-state index in [1.54, 1.807) is 24.3 Å². The Labute approximate surface area is 116 Å². The Morgan fingerprint density at radius 3 is 2.68 bits per heavy atom. The van der Waals surface area contributed by atoms with Gasteiger partial charge < -0.3 is 4.74 Å². The number of nitrogens with zero attached hydrogens (tertiary/aromatic N) is 1. The number of benzene rings is 1. The highest BCUT2D eigenvalue weighted by Gasteiger charge is 2.20. The number of ether oxygens (including phenoxy) is 1. The minimum absolute atomic E-state index is 0.0341. The van der Waals surface area contributed by atoms with Crippen LogP contribution in [-0.2, 0) is 10.0 Å². The number of halogens is 1. The average Bonchev–Trinajstić information content (AvgIpc) is 2.39. The van der Waals surface area contributed by atoms with Crippen molar-refractivity contribution in [1.82, 2.24) is 4.98 Å². The van der Waals surface area contributed by atoms with Gasteiger partial charge in [0.2, 0.25) is 0 Å². The van der Waals surface area contributed by atoms with Crippen LogP contribution in [0.5, 0.6) is 5.75 Å². The van der Waals surface area contributed by atoms with E-state index in [9.17, 15) is 8.42 Å². The molecule has 1 heterocycles. The fourth-order valence-electron chi connectivity index (χ4n) is 1.48. The van der Waals surface area contributed by atoms with Gasteiger partial charge >= 0.3 is 0 Å². The number of sulfonamides is 1. The van der Waals surface area contributed by atoms with Crippen LogP contribution in [0.2, 0.25) is 5.02 Å². The summed E-state index contributed by atoms with van der Waals surface area (Å²) >= 11 is 5.82. The summed E-state index contributed by atoms with van der Waals surface area (Å²) in [4.78, 5) is 3.87. The molecule has 0 spiro atoms. The van der Waals surface area contributed by atoms with Crippen molar-refractivity contribution in [1.29, 1.82) is 0 Å². The van der Waals surface area contributed by atoms with E-state index in [0.717, 1.165) is 0 Å². The third-order valence-electron chi connectivity index (χ3n) is 2.32. The normalized spacial score (nSPS) is 11.1. The van der Waals surface area contributed by atoms with Crippen molar-refractivity contribution >= 4 is 27.4 Å². The van der Waals surface area contributed by atoms with E-state index < -0.39 is 10.0 Å². The monoisotopic (exact) mass is 298 g/mol. The molecule has 0 amide bonds. The highest BCUT2D eigenvalue weighted by Crippen LogP contribution is 2.28. The summed E-state index contributed by atoms with van der Waals surface area (Å²) in [5, 5.41) is 0.308. The first-order valence-corrected chi connectivity index (χ1v) is 7.16. The zero-order chi connectivity index (χ0) is 13.9. The topological polar surface area (TPSA) is 68.3 Å². The lowest BCUT2D eigenvalue weighted by atomic mass is 10.3. The van der Waals surface area contributed by atoms with Crippen molar-refractivity contribution in [3.05, 3.63) is 47.6 Å². The number of pyridine rings is 1. The molecule has 0 saturated carbocycles. The van der Waals surface area contributed by atoms with Crippen LogP contribution in [0.25, 0.3) is 0 Å². The van der Waals surface area contributed by atoms with Crippen molar-refractivity contribution in [2.75, 3.05) is 11.8 Å². The Hall–Kier alpha value is -1.79. The van der Waals surface area contributed by atoms with Crippen LogP contribution in [0.4, 0.5) is 5.82 Å². The van der Waals surface area contributed by atoms with Gasteiger partial charge in [-0.1, -0.05) is 17.7 Å². The second-order valence-electron chi connectivity index (χ2n) is 3.62. The molecular formula is C12H11ClN2O3S. The predicted molar refractivity (Wildman–Crippen MR) is 73.0 cm³/mol. The fraction of sp³-hybridized carbons (Fsp3) is 0.0833. The van der Waals surface area contributed by atoms with Gasteiger partial charge in [0.05, 0.1) is 7.11 Å². The fourth-order valence-corrected chi connectivity index (χ4v) is 2.92. The van der Waals surface area contributed by atoms with Crippen LogP contribution in [-0.4, -0.2) is 20.5 Å². The molecule has 0 fully saturated rings. The lowest BCUT2D eigenvalue weighted by Gasteiger charge is -2.11. The van der Waals surface area contributed by atoms with Gasteiger partial charge in [-0.2, -0.15) is 0 Å². The second-order valence-corrected chi connectivity index (χ2v) is 5.70. The molecule has 5 nitrogen and oxygen atoms in total. The second kappa shape index (κ2) is 5.46. The summed E-state index contributed by atoms with van der Waals surface area (Å²) in [6, 6.07) is 9.30. The van der Waals surface area contributed by atoms with Gasteiger partial charge in [-0.25, -0.2) is 13.4 Å². The SMILES string of the molecule is COc1ccc(Cl)cc1S(=O)(=O)Nc1ccccn1. The number of hydrogen-bond acceptors (Lipinski definition) is 4. The zero-order valence-corrected chi connectivity index (χ0v) is 11.6. The molecule has 1 aromatic heterocycles. The van der Waals surface area contributed by atoms with Crippen molar-refractivity contribution < 1.29 is 13.2 Å². The maximum atomic E-state index is 12.2. The Balaban J connectivity index is 2.42. The lowest BCUT2D eigenvalue weighted by Crippen LogP contribution is -2.14. The van der Waals surface area contributed by atoms with E-state index in [-0.39, 0.29) is 16.5 Å². The molecule has 0 saturated heterocycles. The Kier molecular flexibility index (Phi) is 3.92. The molecule has 2 rings (SSSR count). The molecule has 1 aromatic carbocycles. The molecule has 0 unspecified atom stereocenters. The summed E-state index contributed by atoms with van der Waals surface area (Å²) in [6.07, 6.45) is 1.49. The maximum absolute atomic E-state index is 12.2. The van der Waals surface area contributed by atoms with Gasteiger partial charge in [0.1, 0.15) is 16.5 Å². The molecule has 0 radical (unpaired) electrons. The van der Waals surface area contributed by atoms with E-state index in [1.807, 2.05) is 0 Å². The van der Waals surface area contributed by atoms with Gasteiger partial charge in [0.15, 0.2) is 0 Å². The van der Waals surface area contributed by atoms with Crippen LogP contribution in [0.15, 0.2) is 47.5 Å². The van der Waals surface area contributed by atoms with Gasteiger partial charge in [-0.15, -0.1) is 0 Å². The number of aromatic nitrogens is 1. The summed E-state index contributed by atoms with van der Waals surface area (Å²) in [6.45, 7) is 0. The summed E-state index contributed by atoms with van der Waals surface area (Å²) in [5.74, 6) is 0.442. The summed E-state index contributed by atoms with van der Waals surface area (Å²) in [7, 11) is -2.41. The lowest BCUT2D eigenvalue weighted by molar-refractivity contribution is 0.403. The molecule has 100 valence electrons. The van der Waals surface area contributed by atoms with Gasteiger partial charge in [0.25, 0.3) is 10.0 Å². The van der Waals surface area contributed by atoms with Crippen LogP contribution < -0.4 is 9.46 Å². The average molecular weight is 299 g/mol. The van der Waals surface area contributed by atoms with E-state index in [2.05, 4.69) is 9.71 Å². The first kappa shape index (κ1) is 13.6. The van der Waals surface area contributed by atoms with Crippen molar-refractivity contribution in [3.8, 4) is 5.75 Å². The first-order chi connectivity index (χ1) is 9.03. The van der Waals surface area contributed by atoms with Crippen molar-refractivity contribution in [2.45, 2.75) is 4.90 Å². The number of anilines is 1. The molecule has 1 N–H and O–H groups in total. The van der Waals surface area contributed by atoms with Crippen LogP contribution >= 0.6 is 11.6 Å². The van der Waals surface area contributed by atoms with Crippen LogP contribution in [0.1, 0.15) is 0 Å². The first-order valence-electron chi connectivity index (χ1n) is 5.30. The Morgan fingerprint density at radius 2 is 2.05 bits per heavy atom. The minimum Gasteiger partial charge on any atom is -0.495 e. The minimum atomic E-state index is -3.80. The number of rotatable bonds is 4. The Bertz CT molecular complexity index is 675. The molecule has 0 bridgehead atoms. The van der Waals surface area contributed by atoms with Gasteiger partial charge in [-0.3, -0.25) is 4.72 Å². The maximum Gasteiger partial charge on any atom is 0.266 e. The number of nitrogens with one attached hydrogen (secondary N) is 1. The molecule has 0 aliphatic carbocycles. The van der Waals surface area contributed by atoms with Gasteiger partial charge in [0, 0.05) is 11.2 Å². The van der Waals surface area contributed by atoms with Crippen molar-refractivity contribution in [2.24, 2.45) is 0 Å². The van der Waals surface area contributed by atoms with E-state index in [4.69, 9.17) is 16.3 Å². The molecular weight excluding hydrogens is 288 g/mol. The highest BCUT2D eigenvalue weighted by atomic mass is 35.5. The zero-order valence-electron chi connectivity index (χ0n) is 10.00. The van der Waals surface area contributed by atoms with Gasteiger partial charge in [-0.05, 0) is 30.3 Å². The number of methoxy groups -OCH3 is 1. The largest absolute Gasteiger partial charge is 0.495 e. The Morgan fingerprint density at radius 1 is 1.26 bits per heavy atom. The third kappa shape index (κ3) is 3.15. The van der Waals surface area contributed by atoms with Crippen LogP contribution in [0, 0.1) is 0 Å². The van der Waals surface area contributed by atoms with Crippen molar-refractivity contribution in [3.63, 3.8) is 0 Å². The molecule has 2 aromatic rings. The summed E-state index contributed by atoms with van der Waals surface area (Å²) in [5.41, 5.74) is 0. The number of hydrogen-bond donors (Lipinski definition) is 1. The summed E-state index contributed by atoms with van der Waals surface area (Å²) < 4.78 is 31.9. The molecule has 7 heteroatoms.